The van der Waals surface area contributed by atoms with E-state index in [1.54, 1.807) is 0 Å². The summed E-state index contributed by atoms with van der Waals surface area (Å²) in [6, 6.07) is 1.49. The van der Waals surface area contributed by atoms with Crippen molar-refractivity contribution in [3.8, 4) is 0 Å². The van der Waals surface area contributed by atoms with E-state index in [2.05, 4.69) is 17.1 Å². The molecule has 1 N–H and O–H groups in total. The Labute approximate surface area is 145 Å². The predicted octanol–water partition coefficient (Wildman–Crippen LogP) is 3.55. The standard InChI is InChI=1S/C20H32N2O2/c1-20-9-12-5-13(10-20)18(14(6-12)11-20)21-19(23)22-15-3-4-16(22)8-17(7-15)24-2/h12-18H,3-11H2,1-2H3,(H,21,23)/t12?,13?,14?,15-,16+,17?,18?,20?. The molecule has 2 aliphatic heterocycles. The Hall–Kier alpha value is -0.770. The molecule has 134 valence electrons. The molecule has 3 unspecified atom stereocenters. The zero-order chi connectivity index (χ0) is 16.5. The summed E-state index contributed by atoms with van der Waals surface area (Å²) >= 11 is 0. The van der Waals surface area contributed by atoms with Gasteiger partial charge in [0.05, 0.1) is 6.10 Å². The van der Waals surface area contributed by atoms with E-state index in [1.807, 2.05) is 7.11 Å². The van der Waals surface area contributed by atoms with Gasteiger partial charge in [-0.25, -0.2) is 4.79 Å². The second-order valence-corrected chi connectivity index (χ2v) is 9.88. The molecule has 2 heterocycles. The van der Waals surface area contributed by atoms with Gasteiger partial charge >= 0.3 is 6.03 Å². The fourth-order valence-corrected chi connectivity index (χ4v) is 7.53. The Morgan fingerprint density at radius 1 is 1.04 bits per heavy atom. The van der Waals surface area contributed by atoms with E-state index < -0.39 is 0 Å². The highest BCUT2D eigenvalue weighted by molar-refractivity contribution is 5.76. The third-order valence-corrected chi connectivity index (χ3v) is 8.13. The van der Waals surface area contributed by atoms with Crippen molar-refractivity contribution in [3.63, 3.8) is 0 Å². The first-order valence-electron chi connectivity index (χ1n) is 10.2. The highest BCUT2D eigenvalue weighted by Gasteiger charge is 2.54. The number of rotatable bonds is 2. The van der Waals surface area contributed by atoms with Gasteiger partial charge in [0, 0.05) is 25.2 Å². The van der Waals surface area contributed by atoms with Crippen LogP contribution >= 0.6 is 0 Å². The minimum absolute atomic E-state index is 0.236. The fraction of sp³-hybridized carbons (Fsp3) is 0.950. The molecule has 5 atom stereocenters. The second kappa shape index (κ2) is 5.36. The summed E-state index contributed by atoms with van der Waals surface area (Å²) in [6.45, 7) is 2.49. The Morgan fingerprint density at radius 2 is 1.67 bits per heavy atom. The topological polar surface area (TPSA) is 41.6 Å². The summed E-state index contributed by atoms with van der Waals surface area (Å²) in [4.78, 5) is 15.3. The van der Waals surface area contributed by atoms with Crippen molar-refractivity contribution >= 4 is 6.03 Å². The average molecular weight is 332 g/mol. The van der Waals surface area contributed by atoms with Crippen LogP contribution in [0.4, 0.5) is 4.79 Å². The van der Waals surface area contributed by atoms with E-state index in [0.29, 0.717) is 29.6 Å². The van der Waals surface area contributed by atoms with Crippen LogP contribution in [0.3, 0.4) is 0 Å². The van der Waals surface area contributed by atoms with Crippen LogP contribution in [-0.2, 0) is 4.74 Å². The molecule has 0 aromatic carbocycles. The first-order valence-corrected chi connectivity index (χ1v) is 10.2. The van der Waals surface area contributed by atoms with Gasteiger partial charge in [0.25, 0.3) is 0 Å². The maximum Gasteiger partial charge on any atom is 0.318 e. The number of amides is 2. The summed E-state index contributed by atoms with van der Waals surface area (Å²) in [7, 11) is 1.81. The van der Waals surface area contributed by atoms with E-state index in [0.717, 1.165) is 43.4 Å². The Balaban J connectivity index is 1.28. The van der Waals surface area contributed by atoms with Crippen LogP contribution in [-0.4, -0.2) is 42.3 Å². The predicted molar refractivity (Wildman–Crippen MR) is 92.7 cm³/mol. The highest BCUT2D eigenvalue weighted by Crippen LogP contribution is 2.59. The molecule has 4 aliphatic carbocycles. The maximum absolute atomic E-state index is 13.1. The van der Waals surface area contributed by atoms with Crippen molar-refractivity contribution in [2.24, 2.45) is 23.2 Å². The molecular weight excluding hydrogens is 300 g/mol. The van der Waals surface area contributed by atoms with Gasteiger partial charge in [0.15, 0.2) is 0 Å². The molecule has 4 saturated carbocycles. The number of piperidine rings is 1. The molecule has 0 spiro atoms. The number of urea groups is 1. The van der Waals surface area contributed by atoms with E-state index in [4.69, 9.17) is 4.74 Å². The fourth-order valence-electron chi connectivity index (χ4n) is 7.53. The van der Waals surface area contributed by atoms with Crippen LogP contribution in [0.15, 0.2) is 0 Å². The maximum atomic E-state index is 13.1. The molecule has 24 heavy (non-hydrogen) atoms. The molecule has 0 aromatic heterocycles. The Kier molecular flexibility index (Phi) is 3.46. The summed E-state index contributed by atoms with van der Waals surface area (Å²) in [5.74, 6) is 2.41. The highest BCUT2D eigenvalue weighted by atomic mass is 16.5. The second-order valence-electron chi connectivity index (χ2n) is 9.88. The number of ether oxygens (including phenoxy) is 1. The van der Waals surface area contributed by atoms with Crippen LogP contribution < -0.4 is 5.32 Å². The number of carbonyl (C=O) groups excluding carboxylic acids is 1. The molecule has 2 amide bonds. The van der Waals surface area contributed by atoms with Crippen LogP contribution in [0.5, 0.6) is 0 Å². The van der Waals surface area contributed by atoms with Gasteiger partial charge in [0.2, 0.25) is 0 Å². The monoisotopic (exact) mass is 332 g/mol. The first kappa shape index (κ1) is 15.5. The minimum atomic E-state index is 0.236. The number of hydrogen-bond donors (Lipinski definition) is 1. The van der Waals surface area contributed by atoms with E-state index in [9.17, 15) is 4.79 Å². The molecule has 4 nitrogen and oxygen atoms in total. The molecule has 6 rings (SSSR count). The Bertz CT molecular complexity index is 506. The SMILES string of the molecule is COC1C[C@H]2CC[C@@H](C1)N2C(=O)NC1C2CC3CC1CC(C)(C3)C2. The van der Waals surface area contributed by atoms with Crippen LogP contribution in [0, 0.1) is 23.2 Å². The number of hydrogen-bond acceptors (Lipinski definition) is 2. The molecule has 6 aliphatic rings. The van der Waals surface area contributed by atoms with Gasteiger partial charge < -0.3 is 15.0 Å². The Morgan fingerprint density at radius 3 is 2.21 bits per heavy atom. The van der Waals surface area contributed by atoms with Crippen LogP contribution in [0.1, 0.15) is 64.7 Å². The normalized spacial score (nSPS) is 51.9. The zero-order valence-electron chi connectivity index (χ0n) is 15.2. The van der Waals surface area contributed by atoms with E-state index in [1.165, 1.54) is 32.1 Å². The van der Waals surface area contributed by atoms with Crippen molar-refractivity contribution in [2.75, 3.05) is 7.11 Å². The van der Waals surface area contributed by atoms with Crippen molar-refractivity contribution < 1.29 is 9.53 Å². The van der Waals surface area contributed by atoms with Crippen molar-refractivity contribution in [2.45, 2.75) is 88.9 Å². The van der Waals surface area contributed by atoms with Crippen molar-refractivity contribution in [3.05, 3.63) is 0 Å². The summed E-state index contributed by atoms with van der Waals surface area (Å²) in [5, 5.41) is 3.53. The van der Waals surface area contributed by atoms with Gasteiger partial charge in [-0.15, -0.1) is 0 Å². The lowest BCUT2D eigenvalue weighted by molar-refractivity contribution is -0.0652. The van der Waals surface area contributed by atoms with Crippen molar-refractivity contribution in [1.29, 1.82) is 0 Å². The van der Waals surface area contributed by atoms with Gasteiger partial charge in [-0.1, -0.05) is 6.92 Å². The van der Waals surface area contributed by atoms with E-state index in [-0.39, 0.29) is 6.03 Å². The lowest BCUT2D eigenvalue weighted by atomic mass is 9.48. The largest absolute Gasteiger partial charge is 0.381 e. The van der Waals surface area contributed by atoms with Gasteiger partial charge in [-0.2, -0.15) is 0 Å². The first-order chi connectivity index (χ1) is 11.5. The number of methoxy groups -OCH3 is 1. The van der Waals surface area contributed by atoms with E-state index >= 15 is 0 Å². The molecule has 2 saturated heterocycles. The van der Waals surface area contributed by atoms with Crippen molar-refractivity contribution in [1.82, 2.24) is 10.2 Å². The third kappa shape index (κ3) is 2.32. The minimum Gasteiger partial charge on any atom is -0.381 e. The lowest BCUT2D eigenvalue weighted by Gasteiger charge is -2.59. The molecular formula is C20H32N2O2. The van der Waals surface area contributed by atoms with Crippen LogP contribution in [0.2, 0.25) is 0 Å². The average Bonchev–Trinajstić information content (AvgIpc) is 2.79. The summed E-state index contributed by atoms with van der Waals surface area (Å²) < 4.78 is 5.58. The smallest absolute Gasteiger partial charge is 0.318 e. The summed E-state index contributed by atoms with van der Waals surface area (Å²) in [6.07, 6.45) is 11.6. The molecule has 0 radical (unpaired) electrons. The number of nitrogens with one attached hydrogen (secondary N) is 1. The lowest BCUT2D eigenvalue weighted by Crippen LogP contribution is -2.62. The molecule has 6 bridgehead atoms. The van der Waals surface area contributed by atoms with Gasteiger partial charge in [-0.3, -0.25) is 0 Å². The van der Waals surface area contributed by atoms with Gasteiger partial charge in [-0.05, 0) is 81.0 Å². The zero-order valence-corrected chi connectivity index (χ0v) is 15.2. The van der Waals surface area contributed by atoms with Crippen LogP contribution in [0.25, 0.3) is 0 Å². The molecule has 4 heteroatoms. The number of carbonyl (C=O) groups is 1. The third-order valence-electron chi connectivity index (χ3n) is 8.13. The molecule has 0 aromatic rings. The molecule has 6 fully saturated rings. The number of nitrogens with zero attached hydrogens (tertiary/aromatic N) is 1. The quantitative estimate of drug-likeness (QED) is 0.840. The number of fused-ring (bicyclic) bond motifs is 2. The summed E-state index contributed by atoms with van der Waals surface area (Å²) in [5.41, 5.74) is 0.577. The van der Waals surface area contributed by atoms with Gasteiger partial charge in [0.1, 0.15) is 0 Å².